The van der Waals surface area contributed by atoms with Crippen LogP contribution in [0.25, 0.3) is 0 Å². The van der Waals surface area contributed by atoms with Gasteiger partial charge in [0.1, 0.15) is 0 Å². The van der Waals surface area contributed by atoms with E-state index in [0.29, 0.717) is 24.2 Å². The first-order valence-electron chi connectivity index (χ1n) is 8.09. The van der Waals surface area contributed by atoms with E-state index in [1.807, 2.05) is 32.0 Å². The third kappa shape index (κ3) is 3.66. The molecule has 1 amide bonds. The molecule has 2 aromatic rings. The van der Waals surface area contributed by atoms with E-state index in [0.717, 1.165) is 17.0 Å². The molecule has 0 radical (unpaired) electrons. The SMILES string of the molecule is Cc1cccc(CNC(=O)c2ccc3c(c2)CC(C)N3S(C)(=O)=O)n1. The van der Waals surface area contributed by atoms with Crippen molar-refractivity contribution >= 4 is 21.6 Å². The fraction of sp³-hybridized carbons (Fsp3) is 0.333. The van der Waals surface area contributed by atoms with Crippen LogP contribution in [-0.4, -0.2) is 31.6 Å². The first-order valence-corrected chi connectivity index (χ1v) is 9.93. The first-order chi connectivity index (χ1) is 11.8. The number of carbonyl (C=O) groups is 1. The van der Waals surface area contributed by atoms with E-state index in [4.69, 9.17) is 0 Å². The highest BCUT2D eigenvalue weighted by atomic mass is 32.2. The number of benzene rings is 1. The maximum atomic E-state index is 12.4. The molecule has 7 heteroatoms. The Kier molecular flexibility index (Phi) is 4.51. The normalized spacial score (nSPS) is 16.6. The maximum absolute atomic E-state index is 12.4. The van der Waals surface area contributed by atoms with Crippen LogP contribution >= 0.6 is 0 Å². The summed E-state index contributed by atoms with van der Waals surface area (Å²) in [7, 11) is -3.32. The number of aromatic nitrogens is 1. The summed E-state index contributed by atoms with van der Waals surface area (Å²) in [5, 5.41) is 2.85. The fourth-order valence-electron chi connectivity index (χ4n) is 3.22. The summed E-state index contributed by atoms with van der Waals surface area (Å²) < 4.78 is 25.3. The van der Waals surface area contributed by atoms with E-state index >= 15 is 0 Å². The van der Waals surface area contributed by atoms with Crippen LogP contribution in [0.1, 0.15) is 34.2 Å². The number of fused-ring (bicyclic) bond motifs is 1. The van der Waals surface area contributed by atoms with Crippen molar-refractivity contribution in [3.05, 3.63) is 58.9 Å². The molecule has 1 aromatic heterocycles. The number of sulfonamides is 1. The quantitative estimate of drug-likeness (QED) is 0.906. The number of hydrogen-bond donors (Lipinski definition) is 1. The number of carbonyl (C=O) groups excluding carboxylic acids is 1. The molecule has 0 spiro atoms. The summed E-state index contributed by atoms with van der Waals surface area (Å²) in [6.45, 7) is 4.12. The Morgan fingerprint density at radius 2 is 2.08 bits per heavy atom. The van der Waals surface area contributed by atoms with Gasteiger partial charge in [-0.15, -0.1) is 0 Å². The summed E-state index contributed by atoms with van der Waals surface area (Å²) in [4.78, 5) is 16.7. The molecular weight excluding hydrogens is 338 g/mol. The van der Waals surface area contributed by atoms with Gasteiger partial charge in [-0.2, -0.15) is 0 Å². The van der Waals surface area contributed by atoms with E-state index in [9.17, 15) is 13.2 Å². The third-order valence-corrected chi connectivity index (χ3v) is 5.50. The number of nitrogens with one attached hydrogen (secondary N) is 1. The summed E-state index contributed by atoms with van der Waals surface area (Å²) in [5.41, 5.74) is 3.76. The Labute approximate surface area is 147 Å². The predicted molar refractivity (Wildman–Crippen MR) is 97.1 cm³/mol. The van der Waals surface area contributed by atoms with Gasteiger partial charge >= 0.3 is 0 Å². The zero-order chi connectivity index (χ0) is 18.2. The minimum atomic E-state index is -3.32. The van der Waals surface area contributed by atoms with Crippen LogP contribution < -0.4 is 9.62 Å². The Hall–Kier alpha value is -2.41. The number of pyridine rings is 1. The molecule has 3 rings (SSSR count). The molecule has 1 unspecified atom stereocenters. The van der Waals surface area contributed by atoms with Gasteiger partial charge in [0.25, 0.3) is 5.91 Å². The molecule has 0 saturated carbocycles. The molecule has 1 N–H and O–H groups in total. The summed E-state index contributed by atoms with van der Waals surface area (Å²) in [6, 6.07) is 10.7. The molecule has 1 atom stereocenters. The average molecular weight is 359 g/mol. The number of anilines is 1. The van der Waals surface area contributed by atoms with Crippen LogP contribution in [0.3, 0.4) is 0 Å². The molecule has 1 aromatic carbocycles. The standard InChI is InChI=1S/C18H21N3O3S/c1-12-5-4-6-16(20-12)11-19-18(22)14-7-8-17-15(10-14)9-13(2)21(17)25(3,23)24/h4-8,10,13H,9,11H2,1-3H3,(H,19,22). The second kappa shape index (κ2) is 6.48. The van der Waals surface area contributed by atoms with Crippen LogP contribution in [0.5, 0.6) is 0 Å². The van der Waals surface area contributed by atoms with Gasteiger partial charge in [-0.05, 0) is 56.2 Å². The van der Waals surface area contributed by atoms with Gasteiger partial charge in [0, 0.05) is 17.3 Å². The maximum Gasteiger partial charge on any atom is 0.251 e. The van der Waals surface area contributed by atoms with E-state index < -0.39 is 10.0 Å². The van der Waals surface area contributed by atoms with Gasteiger partial charge in [0.2, 0.25) is 10.0 Å². The van der Waals surface area contributed by atoms with Crippen molar-refractivity contribution in [1.29, 1.82) is 0 Å². The summed E-state index contributed by atoms with van der Waals surface area (Å²) >= 11 is 0. The van der Waals surface area contributed by atoms with Gasteiger partial charge < -0.3 is 5.32 Å². The van der Waals surface area contributed by atoms with E-state index in [2.05, 4.69) is 10.3 Å². The zero-order valence-corrected chi connectivity index (χ0v) is 15.3. The van der Waals surface area contributed by atoms with Gasteiger partial charge in [0.05, 0.1) is 24.2 Å². The van der Waals surface area contributed by atoms with Gasteiger partial charge in [-0.25, -0.2) is 8.42 Å². The lowest BCUT2D eigenvalue weighted by Gasteiger charge is -2.21. The molecule has 0 aliphatic carbocycles. The smallest absolute Gasteiger partial charge is 0.251 e. The Balaban J connectivity index is 1.76. The summed E-state index contributed by atoms with van der Waals surface area (Å²) in [5.74, 6) is -0.198. The first kappa shape index (κ1) is 17.4. The topological polar surface area (TPSA) is 79.4 Å². The monoisotopic (exact) mass is 359 g/mol. The average Bonchev–Trinajstić information content (AvgIpc) is 2.87. The molecule has 6 nitrogen and oxygen atoms in total. The van der Waals surface area contributed by atoms with Crippen molar-refractivity contribution in [2.75, 3.05) is 10.6 Å². The molecule has 0 saturated heterocycles. The minimum Gasteiger partial charge on any atom is -0.346 e. The van der Waals surface area contributed by atoms with E-state index in [1.165, 1.54) is 10.6 Å². The molecule has 25 heavy (non-hydrogen) atoms. The van der Waals surface area contributed by atoms with E-state index in [-0.39, 0.29) is 11.9 Å². The highest BCUT2D eigenvalue weighted by Gasteiger charge is 2.32. The Bertz CT molecular complexity index is 925. The second-order valence-corrected chi connectivity index (χ2v) is 8.27. The lowest BCUT2D eigenvalue weighted by atomic mass is 10.1. The number of aryl methyl sites for hydroxylation is 1. The van der Waals surface area contributed by atoms with E-state index in [1.54, 1.807) is 18.2 Å². The highest BCUT2D eigenvalue weighted by molar-refractivity contribution is 7.92. The van der Waals surface area contributed by atoms with Gasteiger partial charge in [0.15, 0.2) is 0 Å². The predicted octanol–water partition coefficient (Wildman–Crippen LogP) is 2.03. The zero-order valence-electron chi connectivity index (χ0n) is 14.5. The van der Waals surface area contributed by atoms with Crippen molar-refractivity contribution < 1.29 is 13.2 Å². The second-order valence-electron chi connectivity index (χ2n) is 6.41. The minimum absolute atomic E-state index is 0.139. The molecule has 0 bridgehead atoms. The Morgan fingerprint density at radius 1 is 1.32 bits per heavy atom. The number of rotatable bonds is 4. The van der Waals surface area contributed by atoms with Crippen molar-refractivity contribution in [1.82, 2.24) is 10.3 Å². The highest BCUT2D eigenvalue weighted by Crippen LogP contribution is 2.34. The van der Waals surface area contributed by atoms with Crippen molar-refractivity contribution in [2.45, 2.75) is 32.9 Å². The number of hydrogen-bond acceptors (Lipinski definition) is 4. The van der Waals surface area contributed by atoms with Crippen LogP contribution in [-0.2, 0) is 23.0 Å². The van der Waals surface area contributed by atoms with Crippen LogP contribution in [0.4, 0.5) is 5.69 Å². The lowest BCUT2D eigenvalue weighted by molar-refractivity contribution is 0.0950. The molecule has 1 aliphatic rings. The molecule has 0 fully saturated rings. The van der Waals surface area contributed by atoms with Crippen LogP contribution in [0.15, 0.2) is 36.4 Å². The molecule has 2 heterocycles. The molecular formula is C18H21N3O3S. The summed E-state index contributed by atoms with van der Waals surface area (Å²) in [6.07, 6.45) is 1.80. The van der Waals surface area contributed by atoms with Crippen molar-refractivity contribution in [2.24, 2.45) is 0 Å². The number of nitrogens with zero attached hydrogens (tertiary/aromatic N) is 2. The lowest BCUT2D eigenvalue weighted by Crippen LogP contribution is -2.34. The molecule has 132 valence electrons. The fourth-order valence-corrected chi connectivity index (χ4v) is 4.48. The number of amides is 1. The van der Waals surface area contributed by atoms with Crippen LogP contribution in [0, 0.1) is 6.92 Å². The molecule has 1 aliphatic heterocycles. The van der Waals surface area contributed by atoms with Crippen molar-refractivity contribution in [3.63, 3.8) is 0 Å². The Morgan fingerprint density at radius 3 is 2.76 bits per heavy atom. The van der Waals surface area contributed by atoms with Gasteiger partial charge in [-0.3, -0.25) is 14.1 Å². The van der Waals surface area contributed by atoms with Crippen molar-refractivity contribution in [3.8, 4) is 0 Å². The largest absolute Gasteiger partial charge is 0.346 e. The van der Waals surface area contributed by atoms with Crippen LogP contribution in [0.2, 0.25) is 0 Å². The van der Waals surface area contributed by atoms with Gasteiger partial charge in [-0.1, -0.05) is 6.07 Å². The third-order valence-electron chi connectivity index (χ3n) is 4.23.